The van der Waals surface area contributed by atoms with Gasteiger partial charge in [0.2, 0.25) is 5.91 Å². The van der Waals surface area contributed by atoms with Crippen LogP contribution in [0.3, 0.4) is 0 Å². The Kier molecular flexibility index (Phi) is 4.29. The lowest BCUT2D eigenvalue weighted by Crippen LogP contribution is -2.59. The number of hydrogen-bond donors (Lipinski definition) is 2. The van der Waals surface area contributed by atoms with Crippen LogP contribution in [-0.2, 0) is 9.59 Å². The number of carboxylic acid groups (broad SMARTS) is 1. The fourth-order valence-electron chi connectivity index (χ4n) is 1.89. The molecule has 1 fully saturated rings. The standard InChI is InChI=1S/C12H10BrClN2O4/c13-6-1-2-7(8(14)3-6)11(18)16-5-10(17)15-4-9(16)12(19)20/h1-3,9H,4-5H2,(H,15,17)(H,19,20). The van der Waals surface area contributed by atoms with Crippen LogP contribution >= 0.6 is 27.5 Å². The van der Waals surface area contributed by atoms with Gasteiger partial charge in [-0.1, -0.05) is 27.5 Å². The minimum Gasteiger partial charge on any atom is -0.480 e. The van der Waals surface area contributed by atoms with Crippen LogP contribution in [0, 0.1) is 0 Å². The number of hydrogen-bond acceptors (Lipinski definition) is 3. The zero-order chi connectivity index (χ0) is 14.9. The molecule has 2 N–H and O–H groups in total. The Labute approximate surface area is 127 Å². The fourth-order valence-corrected chi connectivity index (χ4v) is 2.65. The first kappa shape index (κ1) is 14.8. The van der Waals surface area contributed by atoms with E-state index in [0.717, 1.165) is 4.90 Å². The molecule has 1 saturated heterocycles. The molecule has 6 nitrogen and oxygen atoms in total. The number of halogens is 2. The first-order valence-electron chi connectivity index (χ1n) is 5.65. The number of amides is 2. The quantitative estimate of drug-likeness (QED) is 0.827. The molecule has 0 radical (unpaired) electrons. The minimum atomic E-state index is -1.17. The molecule has 20 heavy (non-hydrogen) atoms. The number of rotatable bonds is 2. The van der Waals surface area contributed by atoms with Gasteiger partial charge in [-0.2, -0.15) is 0 Å². The molecule has 1 unspecified atom stereocenters. The maximum absolute atomic E-state index is 12.4. The Balaban J connectivity index is 2.33. The topological polar surface area (TPSA) is 86.7 Å². The van der Waals surface area contributed by atoms with E-state index in [1.807, 2.05) is 0 Å². The molecule has 1 atom stereocenters. The summed E-state index contributed by atoms with van der Waals surface area (Å²) in [6, 6.07) is 3.55. The van der Waals surface area contributed by atoms with Gasteiger partial charge in [0.1, 0.15) is 12.6 Å². The summed E-state index contributed by atoms with van der Waals surface area (Å²) in [6.45, 7) is -0.420. The molecular formula is C12H10BrClN2O4. The molecule has 1 aromatic carbocycles. The number of carbonyl (C=O) groups is 3. The van der Waals surface area contributed by atoms with Crippen molar-refractivity contribution in [2.45, 2.75) is 6.04 Å². The van der Waals surface area contributed by atoms with Crippen LogP contribution in [-0.4, -0.2) is 46.9 Å². The van der Waals surface area contributed by atoms with Crippen molar-refractivity contribution in [3.05, 3.63) is 33.3 Å². The van der Waals surface area contributed by atoms with Gasteiger partial charge < -0.3 is 15.3 Å². The predicted octanol–water partition coefficient (Wildman–Crippen LogP) is 1.13. The molecule has 0 aliphatic carbocycles. The van der Waals surface area contributed by atoms with Crippen LogP contribution in [0.2, 0.25) is 5.02 Å². The largest absolute Gasteiger partial charge is 0.480 e. The number of carbonyl (C=O) groups excluding carboxylic acids is 2. The molecule has 1 aliphatic rings. The monoisotopic (exact) mass is 360 g/mol. The first-order chi connectivity index (χ1) is 9.40. The molecule has 1 aromatic rings. The average Bonchev–Trinajstić information content (AvgIpc) is 2.37. The molecule has 0 saturated carbocycles. The zero-order valence-electron chi connectivity index (χ0n) is 10.1. The normalized spacial score (nSPS) is 18.6. The maximum Gasteiger partial charge on any atom is 0.328 e. The third-order valence-electron chi connectivity index (χ3n) is 2.89. The van der Waals surface area contributed by atoms with Crippen molar-refractivity contribution in [3.63, 3.8) is 0 Å². The van der Waals surface area contributed by atoms with E-state index in [0.29, 0.717) is 4.47 Å². The van der Waals surface area contributed by atoms with Crippen LogP contribution in [0.4, 0.5) is 0 Å². The molecule has 1 aliphatic heterocycles. The highest BCUT2D eigenvalue weighted by Crippen LogP contribution is 2.23. The van der Waals surface area contributed by atoms with Gasteiger partial charge in [-0.25, -0.2) is 4.79 Å². The van der Waals surface area contributed by atoms with Crippen molar-refractivity contribution in [1.29, 1.82) is 0 Å². The fraction of sp³-hybridized carbons (Fsp3) is 0.250. The Hall–Kier alpha value is -1.60. The van der Waals surface area contributed by atoms with E-state index >= 15 is 0 Å². The Morgan fingerprint density at radius 1 is 1.45 bits per heavy atom. The van der Waals surface area contributed by atoms with Crippen LogP contribution in [0.15, 0.2) is 22.7 Å². The van der Waals surface area contributed by atoms with E-state index in [-0.39, 0.29) is 23.7 Å². The van der Waals surface area contributed by atoms with E-state index in [1.165, 1.54) is 12.1 Å². The van der Waals surface area contributed by atoms with Crippen LogP contribution in [0.25, 0.3) is 0 Å². The number of nitrogens with one attached hydrogen (secondary N) is 1. The predicted molar refractivity (Wildman–Crippen MR) is 74.6 cm³/mol. The van der Waals surface area contributed by atoms with Gasteiger partial charge in [-0.3, -0.25) is 9.59 Å². The Morgan fingerprint density at radius 3 is 2.75 bits per heavy atom. The summed E-state index contributed by atoms with van der Waals surface area (Å²) in [5, 5.41) is 11.7. The molecular weight excluding hydrogens is 351 g/mol. The number of nitrogens with zero attached hydrogens (tertiary/aromatic N) is 1. The molecule has 0 aromatic heterocycles. The first-order valence-corrected chi connectivity index (χ1v) is 6.83. The van der Waals surface area contributed by atoms with E-state index in [9.17, 15) is 14.4 Å². The van der Waals surface area contributed by atoms with Crippen molar-refractivity contribution >= 4 is 45.3 Å². The lowest BCUT2D eigenvalue weighted by atomic mass is 10.1. The van der Waals surface area contributed by atoms with Gasteiger partial charge in [-0.15, -0.1) is 0 Å². The molecule has 106 valence electrons. The summed E-state index contributed by atoms with van der Waals surface area (Å²) >= 11 is 9.20. The highest BCUT2D eigenvalue weighted by atomic mass is 79.9. The van der Waals surface area contributed by atoms with Crippen molar-refractivity contribution in [2.24, 2.45) is 0 Å². The summed E-state index contributed by atoms with van der Waals surface area (Å²) in [7, 11) is 0. The van der Waals surface area contributed by atoms with E-state index in [4.69, 9.17) is 16.7 Å². The minimum absolute atomic E-state index is 0.117. The highest BCUT2D eigenvalue weighted by Gasteiger charge is 2.36. The van der Waals surface area contributed by atoms with Crippen molar-refractivity contribution < 1.29 is 19.5 Å². The van der Waals surface area contributed by atoms with E-state index in [1.54, 1.807) is 6.07 Å². The number of benzene rings is 1. The maximum atomic E-state index is 12.4. The molecule has 0 spiro atoms. The van der Waals surface area contributed by atoms with Crippen molar-refractivity contribution in [2.75, 3.05) is 13.1 Å². The lowest BCUT2D eigenvalue weighted by Gasteiger charge is -2.32. The van der Waals surface area contributed by atoms with Gasteiger partial charge in [0.05, 0.1) is 10.6 Å². The van der Waals surface area contributed by atoms with Crippen LogP contribution < -0.4 is 5.32 Å². The highest BCUT2D eigenvalue weighted by molar-refractivity contribution is 9.10. The van der Waals surface area contributed by atoms with Crippen LogP contribution in [0.1, 0.15) is 10.4 Å². The van der Waals surface area contributed by atoms with Gasteiger partial charge in [0.25, 0.3) is 5.91 Å². The summed E-state index contributed by atoms with van der Waals surface area (Å²) in [4.78, 5) is 35.9. The van der Waals surface area contributed by atoms with Crippen LogP contribution in [0.5, 0.6) is 0 Å². The van der Waals surface area contributed by atoms with Gasteiger partial charge in [0.15, 0.2) is 0 Å². The summed E-state index contributed by atoms with van der Waals surface area (Å²) in [6.07, 6.45) is 0. The molecule has 1 heterocycles. The summed E-state index contributed by atoms with van der Waals surface area (Å²) < 4.78 is 0.699. The number of piperazine rings is 1. The zero-order valence-corrected chi connectivity index (χ0v) is 12.4. The molecule has 0 bridgehead atoms. The molecule has 2 rings (SSSR count). The third kappa shape index (κ3) is 2.94. The Bertz CT molecular complexity index is 593. The second-order valence-corrected chi connectivity index (χ2v) is 5.54. The van der Waals surface area contributed by atoms with Crippen molar-refractivity contribution in [1.82, 2.24) is 10.2 Å². The molecule has 8 heteroatoms. The smallest absolute Gasteiger partial charge is 0.328 e. The van der Waals surface area contributed by atoms with Gasteiger partial charge in [-0.05, 0) is 18.2 Å². The summed E-state index contributed by atoms with van der Waals surface area (Å²) in [5.41, 5.74) is 0.163. The van der Waals surface area contributed by atoms with Crippen molar-refractivity contribution in [3.8, 4) is 0 Å². The SMILES string of the molecule is O=C1CN(C(=O)c2ccc(Br)cc2Cl)C(C(=O)O)CN1. The Morgan fingerprint density at radius 2 is 2.15 bits per heavy atom. The average molecular weight is 362 g/mol. The third-order valence-corrected chi connectivity index (χ3v) is 3.70. The van der Waals surface area contributed by atoms with Gasteiger partial charge in [0, 0.05) is 11.0 Å². The summed E-state index contributed by atoms with van der Waals surface area (Å²) in [5.74, 6) is -2.15. The second-order valence-electron chi connectivity index (χ2n) is 4.22. The lowest BCUT2D eigenvalue weighted by molar-refractivity contribution is -0.144. The second kappa shape index (κ2) is 5.80. The molecule has 2 amide bonds. The number of aliphatic carboxylic acids is 1. The van der Waals surface area contributed by atoms with E-state index < -0.39 is 23.8 Å². The van der Waals surface area contributed by atoms with Gasteiger partial charge >= 0.3 is 5.97 Å². The van der Waals surface area contributed by atoms with E-state index in [2.05, 4.69) is 21.2 Å². The number of carboxylic acids is 1.